The molecule has 4 nitrogen and oxygen atoms in total. The largest absolute Gasteiger partial charge is 0.370 e. The fourth-order valence-corrected chi connectivity index (χ4v) is 2.38. The molecule has 4 heteroatoms. The summed E-state index contributed by atoms with van der Waals surface area (Å²) in [5, 5.41) is 0. The molecule has 0 aliphatic carbocycles. The average molecular weight is 295 g/mol. The van der Waals surface area contributed by atoms with E-state index in [0.29, 0.717) is 6.42 Å². The van der Waals surface area contributed by atoms with Crippen LogP contribution < -0.4 is 11.5 Å². The number of carbonyl (C=O) groups is 1. The van der Waals surface area contributed by atoms with Crippen molar-refractivity contribution in [1.82, 2.24) is 0 Å². The summed E-state index contributed by atoms with van der Waals surface area (Å²) in [6.45, 7) is 2.12. The monoisotopic (exact) mass is 295 g/mol. The summed E-state index contributed by atoms with van der Waals surface area (Å²) in [7, 11) is 0. The third-order valence-corrected chi connectivity index (χ3v) is 3.61. The number of aryl methyl sites for hydroxylation is 1. The highest BCUT2D eigenvalue weighted by molar-refractivity contribution is 5.95. The van der Waals surface area contributed by atoms with Gasteiger partial charge in [-0.05, 0) is 29.5 Å². The minimum absolute atomic E-state index is 0.202. The molecule has 0 aromatic heterocycles. The van der Waals surface area contributed by atoms with Gasteiger partial charge in [-0.3, -0.25) is 4.79 Å². The lowest BCUT2D eigenvalue weighted by molar-refractivity contribution is -0.119. The standard InChI is InChI=1S/C18H21N3O/c1-2-13-8-10-14(11-9-13)12-16(17(22)21-18(19)20)15-6-4-3-5-7-15/h3-11,16H,2,12H2,1H3,(H4,19,20,21,22). The number of nitrogens with two attached hydrogens (primary N) is 2. The molecule has 1 atom stereocenters. The normalized spacial score (nSPS) is 11.7. The Kier molecular flexibility index (Phi) is 5.31. The van der Waals surface area contributed by atoms with Crippen LogP contribution in [0.25, 0.3) is 0 Å². The number of aliphatic imine (C=N–C) groups is 1. The van der Waals surface area contributed by atoms with Crippen LogP contribution in [0.4, 0.5) is 0 Å². The minimum atomic E-state index is -0.379. The predicted molar refractivity (Wildman–Crippen MR) is 89.5 cm³/mol. The van der Waals surface area contributed by atoms with Crippen molar-refractivity contribution >= 4 is 11.9 Å². The maximum atomic E-state index is 12.3. The number of rotatable bonds is 5. The first kappa shape index (κ1) is 15.8. The van der Waals surface area contributed by atoms with Crippen LogP contribution in [0.15, 0.2) is 59.6 Å². The Hall–Kier alpha value is -2.62. The summed E-state index contributed by atoms with van der Waals surface area (Å²) in [6, 6.07) is 17.9. The van der Waals surface area contributed by atoms with Gasteiger partial charge in [0.25, 0.3) is 5.91 Å². The molecule has 0 radical (unpaired) electrons. The number of hydrogen-bond acceptors (Lipinski definition) is 1. The van der Waals surface area contributed by atoms with Gasteiger partial charge in [-0.2, -0.15) is 4.99 Å². The topological polar surface area (TPSA) is 81.5 Å². The second-order valence-electron chi connectivity index (χ2n) is 5.21. The first-order valence-corrected chi connectivity index (χ1v) is 7.36. The van der Waals surface area contributed by atoms with Crippen molar-refractivity contribution in [3.8, 4) is 0 Å². The van der Waals surface area contributed by atoms with Gasteiger partial charge >= 0.3 is 0 Å². The summed E-state index contributed by atoms with van der Waals surface area (Å²) in [4.78, 5) is 16.1. The quantitative estimate of drug-likeness (QED) is 0.656. The zero-order chi connectivity index (χ0) is 15.9. The zero-order valence-electron chi connectivity index (χ0n) is 12.7. The van der Waals surface area contributed by atoms with Gasteiger partial charge in [0.1, 0.15) is 0 Å². The molecular weight excluding hydrogens is 274 g/mol. The van der Waals surface area contributed by atoms with E-state index in [4.69, 9.17) is 11.5 Å². The lowest BCUT2D eigenvalue weighted by Crippen LogP contribution is -2.26. The second kappa shape index (κ2) is 7.41. The Morgan fingerprint density at radius 2 is 1.59 bits per heavy atom. The van der Waals surface area contributed by atoms with Gasteiger partial charge in [-0.25, -0.2) is 0 Å². The summed E-state index contributed by atoms with van der Waals surface area (Å²) < 4.78 is 0. The second-order valence-corrected chi connectivity index (χ2v) is 5.21. The van der Waals surface area contributed by atoms with Crippen molar-refractivity contribution in [2.45, 2.75) is 25.7 Å². The average Bonchev–Trinajstić information content (AvgIpc) is 2.53. The Balaban J connectivity index is 2.28. The van der Waals surface area contributed by atoms with E-state index in [-0.39, 0.29) is 17.8 Å². The van der Waals surface area contributed by atoms with Crippen LogP contribution in [0.2, 0.25) is 0 Å². The molecule has 4 N–H and O–H groups in total. The molecule has 0 bridgehead atoms. The predicted octanol–water partition coefficient (Wildman–Crippen LogP) is 2.38. The van der Waals surface area contributed by atoms with Crippen LogP contribution in [0.5, 0.6) is 0 Å². The van der Waals surface area contributed by atoms with Crippen molar-refractivity contribution in [1.29, 1.82) is 0 Å². The number of benzene rings is 2. The Morgan fingerprint density at radius 1 is 1.00 bits per heavy atom. The molecule has 2 aromatic carbocycles. The zero-order valence-corrected chi connectivity index (χ0v) is 12.7. The fourth-order valence-electron chi connectivity index (χ4n) is 2.38. The summed E-state index contributed by atoms with van der Waals surface area (Å²) >= 11 is 0. The molecule has 1 unspecified atom stereocenters. The Morgan fingerprint density at radius 3 is 2.14 bits per heavy atom. The highest BCUT2D eigenvalue weighted by Gasteiger charge is 2.20. The molecule has 0 fully saturated rings. The smallest absolute Gasteiger partial charge is 0.256 e. The van der Waals surface area contributed by atoms with Crippen LogP contribution in [0.1, 0.15) is 29.5 Å². The van der Waals surface area contributed by atoms with Crippen molar-refractivity contribution in [2.75, 3.05) is 0 Å². The van der Waals surface area contributed by atoms with Gasteiger partial charge < -0.3 is 11.5 Å². The Labute approximate surface area is 130 Å². The molecule has 2 aromatic rings. The third kappa shape index (κ3) is 4.19. The maximum Gasteiger partial charge on any atom is 0.256 e. The number of amides is 1. The van der Waals surface area contributed by atoms with E-state index < -0.39 is 0 Å². The third-order valence-electron chi connectivity index (χ3n) is 3.61. The molecule has 22 heavy (non-hydrogen) atoms. The molecule has 2 rings (SSSR count). The molecule has 0 aliphatic rings. The van der Waals surface area contributed by atoms with Crippen molar-refractivity contribution < 1.29 is 4.79 Å². The molecule has 0 aliphatic heterocycles. The Bertz CT molecular complexity index is 644. The van der Waals surface area contributed by atoms with Crippen LogP contribution in [0, 0.1) is 0 Å². The van der Waals surface area contributed by atoms with E-state index >= 15 is 0 Å². The summed E-state index contributed by atoms with van der Waals surface area (Å²) in [5.41, 5.74) is 14.0. The van der Waals surface area contributed by atoms with Crippen molar-refractivity contribution in [2.24, 2.45) is 16.5 Å². The minimum Gasteiger partial charge on any atom is -0.370 e. The summed E-state index contributed by atoms with van der Waals surface area (Å²) in [5.74, 6) is -0.895. The SMILES string of the molecule is CCc1ccc(CC(C(=O)N=C(N)N)c2ccccc2)cc1. The van der Waals surface area contributed by atoms with E-state index in [1.54, 1.807) is 0 Å². The molecule has 0 saturated heterocycles. The first-order chi connectivity index (χ1) is 10.6. The number of carbonyl (C=O) groups excluding carboxylic acids is 1. The lowest BCUT2D eigenvalue weighted by Gasteiger charge is -2.14. The van der Waals surface area contributed by atoms with Gasteiger partial charge in [-0.15, -0.1) is 0 Å². The fraction of sp³-hybridized carbons (Fsp3) is 0.222. The molecule has 0 saturated carbocycles. The van der Waals surface area contributed by atoms with E-state index in [9.17, 15) is 4.79 Å². The van der Waals surface area contributed by atoms with E-state index in [2.05, 4.69) is 36.2 Å². The van der Waals surface area contributed by atoms with Crippen LogP contribution in [-0.4, -0.2) is 11.9 Å². The van der Waals surface area contributed by atoms with E-state index in [1.165, 1.54) is 5.56 Å². The van der Waals surface area contributed by atoms with Crippen LogP contribution in [0.3, 0.4) is 0 Å². The highest BCUT2D eigenvalue weighted by Crippen LogP contribution is 2.23. The summed E-state index contributed by atoms with van der Waals surface area (Å²) in [6.07, 6.45) is 1.57. The van der Waals surface area contributed by atoms with Crippen LogP contribution >= 0.6 is 0 Å². The van der Waals surface area contributed by atoms with Crippen molar-refractivity contribution in [3.05, 3.63) is 71.3 Å². The van der Waals surface area contributed by atoms with Gasteiger partial charge in [0, 0.05) is 0 Å². The number of hydrogen-bond donors (Lipinski definition) is 2. The van der Waals surface area contributed by atoms with Gasteiger partial charge in [0.05, 0.1) is 5.92 Å². The molecular formula is C18H21N3O. The highest BCUT2D eigenvalue weighted by atomic mass is 16.1. The van der Waals surface area contributed by atoms with Crippen molar-refractivity contribution in [3.63, 3.8) is 0 Å². The van der Waals surface area contributed by atoms with E-state index in [0.717, 1.165) is 17.5 Å². The van der Waals surface area contributed by atoms with Gasteiger partial charge in [0.2, 0.25) is 0 Å². The van der Waals surface area contributed by atoms with Gasteiger partial charge in [0.15, 0.2) is 5.96 Å². The lowest BCUT2D eigenvalue weighted by atomic mass is 9.91. The number of nitrogens with zero attached hydrogens (tertiary/aromatic N) is 1. The van der Waals surface area contributed by atoms with Crippen LogP contribution in [-0.2, 0) is 17.6 Å². The molecule has 0 spiro atoms. The first-order valence-electron chi connectivity index (χ1n) is 7.36. The number of guanidine groups is 1. The maximum absolute atomic E-state index is 12.3. The molecule has 1 amide bonds. The molecule has 114 valence electrons. The van der Waals surface area contributed by atoms with Gasteiger partial charge in [-0.1, -0.05) is 61.5 Å². The molecule has 0 heterocycles. The van der Waals surface area contributed by atoms with E-state index in [1.807, 2.05) is 30.3 Å².